The molecule has 0 radical (unpaired) electrons. The Hall–Kier alpha value is -3.68. The van der Waals surface area contributed by atoms with E-state index in [0.717, 1.165) is 24.3 Å². The summed E-state index contributed by atoms with van der Waals surface area (Å²) >= 11 is 0. The van der Waals surface area contributed by atoms with Gasteiger partial charge in [0.15, 0.2) is 11.6 Å². The summed E-state index contributed by atoms with van der Waals surface area (Å²) in [5.41, 5.74) is 0.124. The average Bonchev–Trinajstić information content (AvgIpc) is 3.45. The fourth-order valence-corrected chi connectivity index (χ4v) is 3.77. The molecule has 0 spiro atoms. The highest BCUT2D eigenvalue weighted by molar-refractivity contribution is 5.96. The van der Waals surface area contributed by atoms with Crippen LogP contribution in [0.5, 0.6) is 5.75 Å². The van der Waals surface area contributed by atoms with Crippen LogP contribution in [0.25, 0.3) is 27.5 Å². The van der Waals surface area contributed by atoms with Crippen LogP contribution in [0.1, 0.15) is 29.2 Å². The fourth-order valence-electron chi connectivity index (χ4n) is 3.77. The van der Waals surface area contributed by atoms with Crippen LogP contribution in [-0.4, -0.2) is 32.3 Å². The van der Waals surface area contributed by atoms with Gasteiger partial charge in [-0.2, -0.15) is 0 Å². The summed E-state index contributed by atoms with van der Waals surface area (Å²) in [6, 6.07) is 4.80. The number of nitrogens with zero attached hydrogens (tertiary/aromatic N) is 3. The summed E-state index contributed by atoms with van der Waals surface area (Å²) in [6.45, 7) is 0. The number of halogens is 1. The molecule has 8 heteroatoms. The molecule has 0 unspecified atom stereocenters. The van der Waals surface area contributed by atoms with E-state index >= 15 is 4.39 Å². The van der Waals surface area contributed by atoms with E-state index < -0.39 is 17.2 Å². The predicted octanol–water partition coefficient (Wildman–Crippen LogP) is 3.52. The normalized spacial score (nSPS) is 13.9. The van der Waals surface area contributed by atoms with Gasteiger partial charge in [-0.1, -0.05) is 0 Å². The smallest absolute Gasteiger partial charge is 0.341 e. The maximum absolute atomic E-state index is 15.2. The lowest BCUT2D eigenvalue weighted by molar-refractivity contribution is 0.0695. The van der Waals surface area contributed by atoms with Crippen molar-refractivity contribution in [3.8, 4) is 11.4 Å². The molecule has 29 heavy (non-hydrogen) atoms. The van der Waals surface area contributed by atoms with Gasteiger partial charge in [0.2, 0.25) is 5.43 Å². The van der Waals surface area contributed by atoms with Crippen molar-refractivity contribution < 1.29 is 19.0 Å². The van der Waals surface area contributed by atoms with Crippen LogP contribution in [0.15, 0.2) is 47.8 Å². The van der Waals surface area contributed by atoms with Gasteiger partial charge >= 0.3 is 5.97 Å². The first-order valence-corrected chi connectivity index (χ1v) is 9.11. The number of fused-ring (bicyclic) bond motifs is 2. The molecule has 1 aromatic carbocycles. The monoisotopic (exact) mass is 393 g/mol. The molecule has 0 bridgehead atoms. The molecule has 0 aliphatic heterocycles. The number of carboxylic acids is 1. The first-order chi connectivity index (χ1) is 14.0. The van der Waals surface area contributed by atoms with Crippen LogP contribution in [0, 0.1) is 5.82 Å². The Bertz CT molecular complexity index is 1340. The van der Waals surface area contributed by atoms with Gasteiger partial charge in [0.1, 0.15) is 11.3 Å². The number of pyridine rings is 2. The van der Waals surface area contributed by atoms with Crippen molar-refractivity contribution in [1.29, 1.82) is 0 Å². The molecule has 4 aromatic rings. The van der Waals surface area contributed by atoms with Crippen molar-refractivity contribution in [2.75, 3.05) is 7.11 Å². The number of aromatic nitrogens is 3. The number of hydrogen-bond donors (Lipinski definition) is 1. The molecule has 1 aliphatic carbocycles. The highest BCUT2D eigenvalue weighted by Crippen LogP contribution is 2.42. The molecule has 5 rings (SSSR count). The van der Waals surface area contributed by atoms with E-state index in [0.29, 0.717) is 11.0 Å². The molecule has 7 nitrogen and oxygen atoms in total. The van der Waals surface area contributed by atoms with Crippen LogP contribution >= 0.6 is 0 Å². The van der Waals surface area contributed by atoms with Gasteiger partial charge < -0.3 is 19.0 Å². The quantitative estimate of drug-likeness (QED) is 0.573. The Morgan fingerprint density at radius 3 is 2.76 bits per heavy atom. The van der Waals surface area contributed by atoms with Gasteiger partial charge in [-0.25, -0.2) is 9.18 Å². The number of carbonyl (C=O) groups is 1. The zero-order chi connectivity index (χ0) is 20.3. The van der Waals surface area contributed by atoms with E-state index in [2.05, 4.69) is 4.98 Å². The second-order valence-electron chi connectivity index (χ2n) is 7.10. The molecule has 1 aliphatic rings. The number of carboxylic acid groups (broad SMARTS) is 1. The third-order valence-corrected chi connectivity index (χ3v) is 5.24. The molecule has 0 atom stereocenters. The maximum Gasteiger partial charge on any atom is 0.341 e. The highest BCUT2D eigenvalue weighted by Gasteiger charge is 2.30. The van der Waals surface area contributed by atoms with Crippen molar-refractivity contribution in [2.45, 2.75) is 18.9 Å². The van der Waals surface area contributed by atoms with Crippen molar-refractivity contribution >= 4 is 27.8 Å². The number of ether oxygens (including phenoxy) is 1. The van der Waals surface area contributed by atoms with E-state index in [1.807, 2.05) is 6.07 Å². The van der Waals surface area contributed by atoms with Gasteiger partial charge in [0, 0.05) is 36.2 Å². The Kier molecular flexibility index (Phi) is 3.70. The van der Waals surface area contributed by atoms with Crippen molar-refractivity contribution in [2.24, 2.45) is 0 Å². The lowest BCUT2D eigenvalue weighted by Crippen LogP contribution is -2.20. The lowest BCUT2D eigenvalue weighted by atomic mass is 10.1. The SMILES string of the molecule is COc1c(-n2cc3cccnc3c2)c(F)cc2c(=O)c(C(=O)O)cn(C3CC3)c12. The number of methoxy groups -OCH3 is 1. The van der Waals surface area contributed by atoms with Gasteiger partial charge in [0.05, 0.1) is 23.5 Å². The van der Waals surface area contributed by atoms with Crippen molar-refractivity contribution in [3.63, 3.8) is 0 Å². The van der Waals surface area contributed by atoms with Gasteiger partial charge in [0.25, 0.3) is 0 Å². The molecule has 1 fully saturated rings. The van der Waals surface area contributed by atoms with Crippen LogP contribution in [-0.2, 0) is 0 Å². The van der Waals surface area contributed by atoms with Crippen LogP contribution in [0.4, 0.5) is 4.39 Å². The van der Waals surface area contributed by atoms with E-state index in [4.69, 9.17) is 4.74 Å². The van der Waals surface area contributed by atoms with Gasteiger partial charge in [-0.3, -0.25) is 9.78 Å². The summed E-state index contributed by atoms with van der Waals surface area (Å²) < 4.78 is 24.1. The molecular formula is C21H16FN3O4. The summed E-state index contributed by atoms with van der Waals surface area (Å²) in [7, 11) is 1.41. The second-order valence-corrected chi connectivity index (χ2v) is 7.10. The van der Waals surface area contributed by atoms with E-state index in [-0.39, 0.29) is 28.4 Å². The minimum absolute atomic E-state index is 0.00950. The van der Waals surface area contributed by atoms with Crippen LogP contribution < -0.4 is 10.2 Å². The first-order valence-electron chi connectivity index (χ1n) is 9.11. The maximum atomic E-state index is 15.2. The average molecular weight is 393 g/mol. The predicted molar refractivity (Wildman–Crippen MR) is 105 cm³/mol. The first kappa shape index (κ1) is 17.4. The van der Waals surface area contributed by atoms with E-state index in [1.165, 1.54) is 13.3 Å². The summed E-state index contributed by atoms with van der Waals surface area (Å²) in [5, 5.41) is 10.2. The number of rotatable bonds is 4. The van der Waals surface area contributed by atoms with Gasteiger partial charge in [-0.05, 0) is 31.0 Å². The number of benzene rings is 1. The minimum atomic E-state index is -1.34. The number of aromatic carboxylic acids is 1. The zero-order valence-corrected chi connectivity index (χ0v) is 15.4. The molecule has 146 valence electrons. The largest absolute Gasteiger partial charge is 0.492 e. The molecular weight excluding hydrogens is 377 g/mol. The van der Waals surface area contributed by atoms with Crippen LogP contribution in [0.3, 0.4) is 0 Å². The number of hydrogen-bond acceptors (Lipinski definition) is 4. The molecule has 0 saturated heterocycles. The standard InChI is InChI=1S/C21H16FN3O4/c1-29-20-17-13(19(26)14(21(27)28)9-25(17)12-4-5-12)7-15(22)18(20)24-8-11-3-2-6-23-16(11)10-24/h2-3,6-10,12H,4-5H2,1H3,(H,27,28). The molecule has 3 aromatic heterocycles. The topological polar surface area (TPSA) is 86.3 Å². The third-order valence-electron chi connectivity index (χ3n) is 5.24. The zero-order valence-electron chi connectivity index (χ0n) is 15.4. The summed E-state index contributed by atoms with van der Waals surface area (Å²) in [5.74, 6) is -1.84. The van der Waals surface area contributed by atoms with Crippen molar-refractivity contribution in [1.82, 2.24) is 14.1 Å². The molecule has 0 amide bonds. The summed E-state index contributed by atoms with van der Waals surface area (Å²) in [6.07, 6.45) is 8.11. The molecule has 3 heterocycles. The molecule has 1 saturated carbocycles. The molecule has 1 N–H and O–H groups in total. The lowest BCUT2D eigenvalue weighted by Gasteiger charge is -2.18. The van der Waals surface area contributed by atoms with E-state index in [9.17, 15) is 14.7 Å². The Labute approximate surface area is 163 Å². The Balaban J connectivity index is 1.90. The van der Waals surface area contributed by atoms with Crippen LogP contribution in [0.2, 0.25) is 0 Å². The Morgan fingerprint density at radius 1 is 1.31 bits per heavy atom. The van der Waals surface area contributed by atoms with Crippen molar-refractivity contribution in [3.05, 3.63) is 64.6 Å². The Morgan fingerprint density at radius 2 is 2.10 bits per heavy atom. The minimum Gasteiger partial charge on any atom is -0.492 e. The van der Waals surface area contributed by atoms with Gasteiger partial charge in [-0.15, -0.1) is 0 Å². The van der Waals surface area contributed by atoms with E-state index in [1.54, 1.807) is 33.8 Å². The third kappa shape index (κ3) is 2.60. The summed E-state index contributed by atoms with van der Waals surface area (Å²) in [4.78, 5) is 28.6. The highest BCUT2D eigenvalue weighted by atomic mass is 19.1. The fraction of sp³-hybridized carbons (Fsp3) is 0.190. The second kappa shape index (κ2) is 6.16.